The zero-order chi connectivity index (χ0) is 14.5. The van der Waals surface area contributed by atoms with Crippen molar-refractivity contribution in [1.82, 2.24) is 0 Å². The third-order valence-electron chi connectivity index (χ3n) is 2.71. The first-order chi connectivity index (χ1) is 9.61. The summed E-state index contributed by atoms with van der Waals surface area (Å²) in [5.74, 6) is 0. The number of para-hydroxylation sites is 1. The monoisotopic (exact) mass is 376 g/mol. The van der Waals surface area contributed by atoms with Crippen molar-refractivity contribution in [1.29, 1.82) is 5.26 Å². The van der Waals surface area contributed by atoms with E-state index >= 15 is 0 Å². The van der Waals surface area contributed by atoms with Crippen molar-refractivity contribution in [3.8, 4) is 6.07 Å². The van der Waals surface area contributed by atoms with Crippen LogP contribution in [0.15, 0.2) is 48.5 Å². The molecule has 20 heavy (non-hydrogen) atoms. The SMILES string of the molecule is N#CC(=Cc1ccccc1[N+](=O)[O-])c1ccc(I)cc1. The highest BCUT2D eigenvalue weighted by atomic mass is 127. The largest absolute Gasteiger partial charge is 0.276 e. The fourth-order valence-corrected chi connectivity index (χ4v) is 2.10. The van der Waals surface area contributed by atoms with Gasteiger partial charge in [0.05, 0.1) is 22.1 Å². The van der Waals surface area contributed by atoms with Crippen LogP contribution in [-0.2, 0) is 0 Å². The summed E-state index contributed by atoms with van der Waals surface area (Å²) >= 11 is 2.18. The number of nitro benzene ring substituents is 1. The van der Waals surface area contributed by atoms with Crippen LogP contribution in [0.25, 0.3) is 11.6 Å². The van der Waals surface area contributed by atoms with Crippen LogP contribution >= 0.6 is 22.6 Å². The minimum atomic E-state index is -0.450. The highest BCUT2D eigenvalue weighted by Crippen LogP contribution is 2.24. The van der Waals surface area contributed by atoms with Gasteiger partial charge in [-0.15, -0.1) is 0 Å². The van der Waals surface area contributed by atoms with E-state index in [0.717, 1.165) is 9.13 Å². The van der Waals surface area contributed by atoms with Gasteiger partial charge in [-0.1, -0.05) is 24.3 Å². The van der Waals surface area contributed by atoms with Gasteiger partial charge in [0.15, 0.2) is 0 Å². The van der Waals surface area contributed by atoms with E-state index in [4.69, 9.17) is 0 Å². The summed E-state index contributed by atoms with van der Waals surface area (Å²) in [6, 6.07) is 15.9. The number of nitrogens with zero attached hydrogens (tertiary/aromatic N) is 2. The maximum atomic E-state index is 11.0. The Balaban J connectivity index is 2.50. The lowest BCUT2D eigenvalue weighted by atomic mass is 10.0. The Morgan fingerprint density at radius 2 is 1.85 bits per heavy atom. The first-order valence-corrected chi connectivity index (χ1v) is 6.81. The van der Waals surface area contributed by atoms with E-state index in [-0.39, 0.29) is 5.69 Å². The summed E-state index contributed by atoms with van der Waals surface area (Å²) in [5, 5.41) is 20.2. The van der Waals surface area contributed by atoms with E-state index in [9.17, 15) is 15.4 Å². The standard InChI is InChI=1S/C15H9IN2O2/c16-14-7-5-11(6-8-14)13(10-17)9-12-3-1-2-4-15(12)18(19)20/h1-9H. The van der Waals surface area contributed by atoms with Gasteiger partial charge in [-0.3, -0.25) is 10.1 Å². The summed E-state index contributed by atoms with van der Waals surface area (Å²) in [6.07, 6.45) is 1.54. The van der Waals surface area contributed by atoms with Gasteiger partial charge in [-0.25, -0.2) is 0 Å². The molecule has 0 aliphatic heterocycles. The molecule has 0 N–H and O–H groups in total. The first-order valence-electron chi connectivity index (χ1n) is 5.73. The molecule has 4 nitrogen and oxygen atoms in total. The number of nitro groups is 1. The third kappa shape index (κ3) is 3.22. The lowest BCUT2D eigenvalue weighted by Gasteiger charge is -2.01. The normalized spacial score (nSPS) is 10.9. The van der Waals surface area contributed by atoms with Crippen molar-refractivity contribution in [3.63, 3.8) is 0 Å². The molecule has 0 atom stereocenters. The number of halogens is 1. The summed E-state index contributed by atoms with van der Waals surface area (Å²) in [6.45, 7) is 0. The predicted octanol–water partition coefficient (Wildman–Crippen LogP) is 4.26. The second-order valence-electron chi connectivity index (χ2n) is 3.99. The molecule has 0 saturated carbocycles. The molecule has 5 heteroatoms. The highest BCUT2D eigenvalue weighted by molar-refractivity contribution is 14.1. The molecule has 0 spiro atoms. The van der Waals surface area contributed by atoms with Gasteiger partial charge >= 0.3 is 0 Å². The van der Waals surface area contributed by atoms with Gasteiger partial charge in [0.2, 0.25) is 0 Å². The Hall–Kier alpha value is -2.20. The smallest absolute Gasteiger partial charge is 0.258 e. The van der Waals surface area contributed by atoms with Crippen LogP contribution in [0, 0.1) is 25.0 Å². The Bertz CT molecular complexity index is 715. The van der Waals surface area contributed by atoms with E-state index in [2.05, 4.69) is 28.7 Å². The molecule has 0 amide bonds. The maximum absolute atomic E-state index is 11.0. The van der Waals surface area contributed by atoms with E-state index in [1.54, 1.807) is 24.3 Å². The van der Waals surface area contributed by atoms with Crippen molar-refractivity contribution in [3.05, 3.63) is 73.3 Å². The zero-order valence-corrected chi connectivity index (χ0v) is 12.4. The van der Waals surface area contributed by atoms with Crippen molar-refractivity contribution in [2.45, 2.75) is 0 Å². The first kappa shape index (κ1) is 14.2. The number of hydrogen-bond acceptors (Lipinski definition) is 3. The van der Waals surface area contributed by atoms with Crippen molar-refractivity contribution >= 4 is 39.9 Å². The average Bonchev–Trinajstić information content (AvgIpc) is 2.46. The second kappa shape index (κ2) is 6.30. The zero-order valence-electron chi connectivity index (χ0n) is 10.3. The Labute approximate surface area is 129 Å². The van der Waals surface area contributed by atoms with Gasteiger partial charge in [0, 0.05) is 9.64 Å². The van der Waals surface area contributed by atoms with Crippen LogP contribution in [0.1, 0.15) is 11.1 Å². The van der Waals surface area contributed by atoms with Gasteiger partial charge < -0.3 is 0 Å². The van der Waals surface area contributed by atoms with Crippen molar-refractivity contribution < 1.29 is 4.92 Å². The van der Waals surface area contributed by atoms with Crippen LogP contribution < -0.4 is 0 Å². The molecular formula is C15H9IN2O2. The molecule has 0 unspecified atom stereocenters. The molecule has 0 fully saturated rings. The summed E-state index contributed by atoms with van der Waals surface area (Å²) < 4.78 is 1.06. The second-order valence-corrected chi connectivity index (χ2v) is 5.24. The molecule has 0 aliphatic carbocycles. The molecule has 98 valence electrons. The van der Waals surface area contributed by atoms with Crippen LogP contribution in [0.2, 0.25) is 0 Å². The summed E-state index contributed by atoms with van der Waals surface area (Å²) in [4.78, 5) is 10.5. The molecule has 2 aromatic carbocycles. The lowest BCUT2D eigenvalue weighted by Crippen LogP contribution is -1.91. The molecule has 0 heterocycles. The quantitative estimate of drug-likeness (QED) is 0.264. The average molecular weight is 376 g/mol. The minimum Gasteiger partial charge on any atom is -0.258 e. The van der Waals surface area contributed by atoms with E-state index in [1.807, 2.05) is 24.3 Å². The number of hydrogen-bond donors (Lipinski definition) is 0. The van der Waals surface area contributed by atoms with Crippen LogP contribution in [0.3, 0.4) is 0 Å². The van der Waals surface area contributed by atoms with Gasteiger partial charge in [0.1, 0.15) is 0 Å². The number of allylic oxidation sites excluding steroid dienone is 1. The molecule has 0 radical (unpaired) electrons. The van der Waals surface area contributed by atoms with Gasteiger partial charge in [-0.05, 0) is 52.4 Å². The highest BCUT2D eigenvalue weighted by Gasteiger charge is 2.11. The predicted molar refractivity (Wildman–Crippen MR) is 85.7 cm³/mol. The summed E-state index contributed by atoms with van der Waals surface area (Å²) in [7, 11) is 0. The number of nitriles is 1. The third-order valence-corrected chi connectivity index (χ3v) is 3.43. The van der Waals surface area contributed by atoms with Crippen molar-refractivity contribution in [2.75, 3.05) is 0 Å². The van der Waals surface area contributed by atoms with Crippen molar-refractivity contribution in [2.24, 2.45) is 0 Å². The maximum Gasteiger partial charge on any atom is 0.276 e. The Kier molecular flexibility index (Phi) is 4.48. The molecule has 0 aromatic heterocycles. The Morgan fingerprint density at radius 1 is 1.20 bits per heavy atom. The molecule has 0 saturated heterocycles. The molecule has 0 aliphatic rings. The van der Waals surface area contributed by atoms with Crippen LogP contribution in [-0.4, -0.2) is 4.92 Å². The minimum absolute atomic E-state index is 0.00855. The van der Waals surface area contributed by atoms with Crippen LogP contribution in [0.4, 0.5) is 5.69 Å². The van der Waals surface area contributed by atoms with Gasteiger partial charge in [0.25, 0.3) is 5.69 Å². The fraction of sp³-hybridized carbons (Fsp3) is 0. The molecular weight excluding hydrogens is 367 g/mol. The number of benzene rings is 2. The lowest BCUT2D eigenvalue weighted by molar-refractivity contribution is -0.385. The molecule has 2 rings (SSSR count). The van der Waals surface area contributed by atoms with Gasteiger partial charge in [-0.2, -0.15) is 5.26 Å². The Morgan fingerprint density at radius 3 is 2.45 bits per heavy atom. The van der Waals surface area contributed by atoms with E-state index in [0.29, 0.717) is 11.1 Å². The van der Waals surface area contributed by atoms with Crippen LogP contribution in [0.5, 0.6) is 0 Å². The van der Waals surface area contributed by atoms with E-state index in [1.165, 1.54) is 6.07 Å². The topological polar surface area (TPSA) is 66.9 Å². The number of rotatable bonds is 3. The fourth-order valence-electron chi connectivity index (χ4n) is 1.74. The molecule has 0 bridgehead atoms. The molecule has 2 aromatic rings. The summed E-state index contributed by atoms with van der Waals surface area (Å²) in [5.41, 5.74) is 1.56. The van der Waals surface area contributed by atoms with E-state index < -0.39 is 4.92 Å².